The molecule has 0 saturated heterocycles. The van der Waals surface area contributed by atoms with Crippen molar-refractivity contribution < 1.29 is 4.39 Å². The van der Waals surface area contributed by atoms with Gasteiger partial charge in [-0.1, -0.05) is 35.3 Å². The van der Waals surface area contributed by atoms with Gasteiger partial charge in [0.25, 0.3) is 0 Å². The lowest BCUT2D eigenvalue weighted by molar-refractivity contribution is 0.627. The molecule has 0 atom stereocenters. The number of aromatic amines is 1. The van der Waals surface area contributed by atoms with Crippen molar-refractivity contribution >= 4 is 46.5 Å². The SMILES string of the molecule is Fc1cc2c(cc1Cl)[nH]c(=S)n2CCc1ccc(Cl)cc1. The maximum atomic E-state index is 13.6. The van der Waals surface area contributed by atoms with E-state index < -0.39 is 5.82 Å². The molecule has 0 bridgehead atoms. The quantitative estimate of drug-likeness (QED) is 0.634. The average molecular weight is 341 g/mol. The Balaban J connectivity index is 1.93. The lowest BCUT2D eigenvalue weighted by Crippen LogP contribution is -2.01. The zero-order chi connectivity index (χ0) is 15.0. The van der Waals surface area contributed by atoms with Crippen LogP contribution >= 0.6 is 35.4 Å². The number of imidazole rings is 1. The molecule has 0 aliphatic rings. The zero-order valence-corrected chi connectivity index (χ0v) is 13.2. The molecule has 0 fully saturated rings. The van der Waals surface area contributed by atoms with E-state index in [-0.39, 0.29) is 5.02 Å². The van der Waals surface area contributed by atoms with Crippen LogP contribution < -0.4 is 0 Å². The molecule has 1 aromatic heterocycles. The third kappa shape index (κ3) is 2.98. The number of rotatable bonds is 3. The Kier molecular flexibility index (Phi) is 4.02. The first-order valence-electron chi connectivity index (χ1n) is 6.36. The molecular formula is C15H11Cl2FN2S. The highest BCUT2D eigenvalue weighted by Gasteiger charge is 2.09. The van der Waals surface area contributed by atoms with Gasteiger partial charge in [0.05, 0.1) is 16.1 Å². The Morgan fingerprint density at radius 2 is 1.86 bits per heavy atom. The number of hydrogen-bond acceptors (Lipinski definition) is 1. The first-order chi connectivity index (χ1) is 10.0. The van der Waals surface area contributed by atoms with Gasteiger partial charge in [0, 0.05) is 17.6 Å². The fourth-order valence-electron chi connectivity index (χ4n) is 2.27. The van der Waals surface area contributed by atoms with Gasteiger partial charge < -0.3 is 9.55 Å². The molecule has 2 aromatic carbocycles. The molecule has 0 spiro atoms. The van der Waals surface area contributed by atoms with Crippen LogP contribution in [0.4, 0.5) is 4.39 Å². The van der Waals surface area contributed by atoms with Gasteiger partial charge in [0.2, 0.25) is 0 Å². The van der Waals surface area contributed by atoms with Crippen molar-refractivity contribution in [2.24, 2.45) is 0 Å². The summed E-state index contributed by atoms with van der Waals surface area (Å²) in [5.41, 5.74) is 2.60. The number of halogens is 3. The summed E-state index contributed by atoms with van der Waals surface area (Å²) in [4.78, 5) is 3.05. The van der Waals surface area contributed by atoms with E-state index in [0.29, 0.717) is 16.3 Å². The lowest BCUT2D eigenvalue weighted by Gasteiger charge is -2.05. The minimum Gasteiger partial charge on any atom is -0.331 e. The average Bonchev–Trinajstić information content (AvgIpc) is 2.74. The largest absolute Gasteiger partial charge is 0.331 e. The normalized spacial score (nSPS) is 11.2. The van der Waals surface area contributed by atoms with E-state index in [2.05, 4.69) is 4.98 Å². The second-order valence-electron chi connectivity index (χ2n) is 4.74. The Morgan fingerprint density at radius 1 is 1.14 bits per heavy atom. The summed E-state index contributed by atoms with van der Waals surface area (Å²) in [7, 11) is 0. The first kappa shape index (κ1) is 14.6. The van der Waals surface area contributed by atoms with Crippen molar-refractivity contribution in [3.63, 3.8) is 0 Å². The van der Waals surface area contributed by atoms with Crippen molar-refractivity contribution in [1.29, 1.82) is 0 Å². The van der Waals surface area contributed by atoms with E-state index in [1.54, 1.807) is 6.07 Å². The van der Waals surface area contributed by atoms with Crippen LogP contribution in [0.1, 0.15) is 5.56 Å². The Bertz CT molecular complexity index is 852. The minimum absolute atomic E-state index is 0.0867. The highest BCUT2D eigenvalue weighted by Crippen LogP contribution is 2.23. The molecule has 21 heavy (non-hydrogen) atoms. The number of aromatic nitrogens is 2. The van der Waals surface area contributed by atoms with Crippen molar-refractivity contribution in [2.75, 3.05) is 0 Å². The van der Waals surface area contributed by atoms with Crippen molar-refractivity contribution in [1.82, 2.24) is 9.55 Å². The third-order valence-electron chi connectivity index (χ3n) is 3.35. The van der Waals surface area contributed by atoms with Gasteiger partial charge >= 0.3 is 0 Å². The van der Waals surface area contributed by atoms with E-state index in [1.165, 1.54) is 6.07 Å². The van der Waals surface area contributed by atoms with E-state index in [9.17, 15) is 4.39 Å². The van der Waals surface area contributed by atoms with Crippen molar-refractivity contribution in [2.45, 2.75) is 13.0 Å². The van der Waals surface area contributed by atoms with Crippen LogP contribution in [-0.4, -0.2) is 9.55 Å². The van der Waals surface area contributed by atoms with Gasteiger partial charge in [-0.3, -0.25) is 0 Å². The van der Waals surface area contributed by atoms with Crippen LogP contribution in [0.2, 0.25) is 10.0 Å². The maximum Gasteiger partial charge on any atom is 0.178 e. The molecule has 0 radical (unpaired) electrons. The van der Waals surface area contributed by atoms with Crippen LogP contribution in [-0.2, 0) is 13.0 Å². The third-order valence-corrected chi connectivity index (χ3v) is 4.22. The lowest BCUT2D eigenvalue weighted by atomic mass is 10.1. The summed E-state index contributed by atoms with van der Waals surface area (Å²) in [6, 6.07) is 10.6. The molecular weight excluding hydrogens is 330 g/mol. The summed E-state index contributed by atoms with van der Waals surface area (Å²) in [5.74, 6) is -0.446. The van der Waals surface area contributed by atoms with Gasteiger partial charge in [0.15, 0.2) is 4.77 Å². The minimum atomic E-state index is -0.446. The topological polar surface area (TPSA) is 20.7 Å². The number of H-pyrrole nitrogens is 1. The van der Waals surface area contributed by atoms with Gasteiger partial charge in [-0.25, -0.2) is 4.39 Å². The van der Waals surface area contributed by atoms with Crippen LogP contribution in [0.5, 0.6) is 0 Å². The van der Waals surface area contributed by atoms with E-state index in [1.807, 2.05) is 28.8 Å². The monoisotopic (exact) mass is 340 g/mol. The Labute approximate surface area is 136 Å². The number of hydrogen-bond donors (Lipinski definition) is 1. The molecule has 1 N–H and O–H groups in total. The zero-order valence-electron chi connectivity index (χ0n) is 10.9. The fourth-order valence-corrected chi connectivity index (χ4v) is 2.86. The van der Waals surface area contributed by atoms with Gasteiger partial charge in [-0.15, -0.1) is 0 Å². The van der Waals surface area contributed by atoms with Crippen LogP contribution in [0, 0.1) is 10.6 Å². The predicted molar refractivity (Wildman–Crippen MR) is 87.2 cm³/mol. The molecule has 3 rings (SSSR count). The van der Waals surface area contributed by atoms with Crippen LogP contribution in [0.3, 0.4) is 0 Å². The van der Waals surface area contributed by atoms with E-state index >= 15 is 0 Å². The fraction of sp³-hybridized carbons (Fsp3) is 0.133. The molecule has 108 valence electrons. The van der Waals surface area contributed by atoms with Gasteiger partial charge in [-0.2, -0.15) is 0 Å². The molecule has 0 aliphatic heterocycles. The smallest absolute Gasteiger partial charge is 0.178 e. The molecule has 6 heteroatoms. The Hall–Kier alpha value is -1.36. The molecule has 0 amide bonds. The molecule has 0 aliphatic carbocycles. The molecule has 1 heterocycles. The molecule has 0 unspecified atom stereocenters. The second-order valence-corrected chi connectivity index (χ2v) is 5.97. The summed E-state index contributed by atoms with van der Waals surface area (Å²) in [6.07, 6.45) is 0.780. The van der Waals surface area contributed by atoms with E-state index in [4.69, 9.17) is 35.4 Å². The molecule has 2 nitrogen and oxygen atoms in total. The second kappa shape index (κ2) is 5.79. The van der Waals surface area contributed by atoms with Crippen molar-refractivity contribution in [3.05, 3.63) is 62.6 Å². The summed E-state index contributed by atoms with van der Waals surface area (Å²) >= 11 is 16.9. The van der Waals surface area contributed by atoms with Crippen LogP contribution in [0.25, 0.3) is 11.0 Å². The number of nitrogens with zero attached hydrogens (tertiary/aromatic N) is 1. The predicted octanol–water partition coefficient (Wildman–Crippen LogP) is 5.39. The van der Waals surface area contributed by atoms with Gasteiger partial charge in [0.1, 0.15) is 5.82 Å². The number of fused-ring (bicyclic) bond motifs is 1. The Morgan fingerprint density at radius 3 is 2.57 bits per heavy atom. The highest BCUT2D eigenvalue weighted by molar-refractivity contribution is 7.71. The highest BCUT2D eigenvalue weighted by atomic mass is 35.5. The van der Waals surface area contributed by atoms with Crippen LogP contribution in [0.15, 0.2) is 36.4 Å². The first-order valence-corrected chi connectivity index (χ1v) is 7.53. The summed E-state index contributed by atoms with van der Waals surface area (Å²) in [5, 5.41) is 0.794. The maximum absolute atomic E-state index is 13.6. The standard InChI is InChI=1S/C15H11Cl2FN2S/c16-10-3-1-9(2-4-10)5-6-20-14-8-12(18)11(17)7-13(14)19-15(20)21/h1-4,7-8H,5-6H2,(H,19,21). The molecule has 0 saturated carbocycles. The van der Waals surface area contributed by atoms with E-state index in [0.717, 1.165) is 23.0 Å². The number of nitrogens with one attached hydrogen (secondary N) is 1. The number of aryl methyl sites for hydroxylation is 2. The molecule has 3 aromatic rings. The van der Waals surface area contributed by atoms with Crippen molar-refractivity contribution in [3.8, 4) is 0 Å². The number of benzene rings is 2. The summed E-state index contributed by atoms with van der Waals surface area (Å²) < 4.78 is 16.1. The summed E-state index contributed by atoms with van der Waals surface area (Å²) in [6.45, 7) is 0.654. The van der Waals surface area contributed by atoms with Gasteiger partial charge in [-0.05, 0) is 42.4 Å².